The molecule has 18 heavy (non-hydrogen) atoms. The molecule has 0 amide bonds. The molecule has 3 rings (SSSR count). The van der Waals surface area contributed by atoms with Gasteiger partial charge >= 0.3 is 0 Å². The van der Waals surface area contributed by atoms with Crippen LogP contribution >= 0.6 is 11.8 Å². The van der Waals surface area contributed by atoms with Crippen molar-refractivity contribution in [3.8, 4) is 0 Å². The number of allylic oxidation sites excluding steroid dienone is 1. The number of hydrogen-bond donors (Lipinski definition) is 1. The molecule has 96 valence electrons. The van der Waals surface area contributed by atoms with Crippen LogP contribution in [0.3, 0.4) is 0 Å². The van der Waals surface area contributed by atoms with Gasteiger partial charge in [-0.25, -0.2) is 0 Å². The highest BCUT2D eigenvalue weighted by Gasteiger charge is 2.23. The van der Waals surface area contributed by atoms with Crippen LogP contribution in [-0.4, -0.2) is 16.5 Å². The van der Waals surface area contributed by atoms with Crippen LogP contribution in [0.25, 0.3) is 0 Å². The van der Waals surface area contributed by atoms with Gasteiger partial charge in [0, 0.05) is 10.1 Å². The Morgan fingerprint density at radius 2 is 2.11 bits per heavy atom. The fourth-order valence-corrected chi connectivity index (χ4v) is 4.35. The van der Waals surface area contributed by atoms with E-state index in [0.717, 1.165) is 12.8 Å². The number of fused-ring (bicyclic) bond motifs is 1. The average molecular weight is 260 g/mol. The van der Waals surface area contributed by atoms with Crippen molar-refractivity contribution >= 4 is 11.8 Å². The van der Waals surface area contributed by atoms with Gasteiger partial charge in [-0.2, -0.15) is 0 Å². The summed E-state index contributed by atoms with van der Waals surface area (Å²) in [4.78, 5) is 1.46. The summed E-state index contributed by atoms with van der Waals surface area (Å²) in [5.41, 5.74) is 2.98. The Morgan fingerprint density at radius 1 is 1.22 bits per heavy atom. The normalized spacial score (nSPS) is 27.5. The van der Waals surface area contributed by atoms with Crippen molar-refractivity contribution in [3.05, 3.63) is 41.5 Å². The molecule has 1 aliphatic heterocycles. The van der Waals surface area contributed by atoms with Gasteiger partial charge < -0.3 is 5.11 Å². The van der Waals surface area contributed by atoms with Gasteiger partial charge in [-0.3, -0.25) is 0 Å². The molecule has 1 aromatic rings. The van der Waals surface area contributed by atoms with Gasteiger partial charge in [0.05, 0.1) is 6.10 Å². The summed E-state index contributed by atoms with van der Waals surface area (Å²) < 4.78 is 0. The van der Waals surface area contributed by atoms with Crippen molar-refractivity contribution in [2.24, 2.45) is 0 Å². The van der Waals surface area contributed by atoms with Crippen LogP contribution in [0.5, 0.6) is 0 Å². The van der Waals surface area contributed by atoms with Crippen LogP contribution in [0, 0.1) is 0 Å². The molecule has 1 heterocycles. The lowest BCUT2D eigenvalue weighted by Crippen LogP contribution is -2.05. The SMILES string of the molecule is OC1C=C(CC2Cc3ccccc3S2)CCCC1. The molecule has 1 aromatic carbocycles. The Morgan fingerprint density at radius 3 is 3.00 bits per heavy atom. The Hall–Kier alpha value is -0.730. The van der Waals surface area contributed by atoms with Crippen LogP contribution in [0.1, 0.15) is 37.7 Å². The predicted octanol–water partition coefficient (Wildman–Crippen LogP) is 3.95. The molecule has 0 aromatic heterocycles. The molecule has 1 N–H and O–H groups in total. The van der Waals surface area contributed by atoms with Crippen LogP contribution in [-0.2, 0) is 6.42 Å². The topological polar surface area (TPSA) is 20.2 Å². The van der Waals surface area contributed by atoms with E-state index in [-0.39, 0.29) is 6.10 Å². The summed E-state index contributed by atoms with van der Waals surface area (Å²) in [6, 6.07) is 8.74. The van der Waals surface area contributed by atoms with Crippen LogP contribution in [0.15, 0.2) is 40.8 Å². The van der Waals surface area contributed by atoms with E-state index >= 15 is 0 Å². The second-order valence-corrected chi connectivity index (χ2v) is 6.74. The minimum atomic E-state index is -0.198. The zero-order valence-electron chi connectivity index (χ0n) is 10.6. The van der Waals surface area contributed by atoms with E-state index in [1.54, 1.807) is 0 Å². The third-order valence-electron chi connectivity index (χ3n) is 3.88. The number of hydrogen-bond acceptors (Lipinski definition) is 2. The van der Waals surface area contributed by atoms with E-state index in [1.165, 1.54) is 41.7 Å². The first-order valence-corrected chi connectivity index (χ1v) is 7.81. The maximum absolute atomic E-state index is 9.82. The fourth-order valence-electron chi connectivity index (χ4n) is 2.97. The molecule has 0 saturated carbocycles. The number of aliphatic hydroxyl groups is 1. The van der Waals surface area contributed by atoms with E-state index in [4.69, 9.17) is 0 Å². The fraction of sp³-hybridized carbons (Fsp3) is 0.500. The lowest BCUT2D eigenvalue weighted by molar-refractivity contribution is 0.211. The molecule has 2 heteroatoms. The molecule has 0 spiro atoms. The zero-order valence-corrected chi connectivity index (χ0v) is 11.5. The maximum Gasteiger partial charge on any atom is 0.0723 e. The highest BCUT2D eigenvalue weighted by molar-refractivity contribution is 8.00. The first-order chi connectivity index (χ1) is 8.81. The Balaban J connectivity index is 1.65. The van der Waals surface area contributed by atoms with E-state index < -0.39 is 0 Å². The molecular weight excluding hydrogens is 240 g/mol. The Labute approximate surface area is 113 Å². The van der Waals surface area contributed by atoms with Gasteiger partial charge in [-0.1, -0.05) is 36.3 Å². The summed E-state index contributed by atoms with van der Waals surface area (Å²) in [7, 11) is 0. The van der Waals surface area contributed by atoms with Crippen molar-refractivity contribution in [2.75, 3.05) is 0 Å². The van der Waals surface area contributed by atoms with Gasteiger partial charge in [0.1, 0.15) is 0 Å². The predicted molar refractivity (Wildman–Crippen MR) is 77.0 cm³/mol. The van der Waals surface area contributed by atoms with Crippen molar-refractivity contribution in [1.82, 2.24) is 0 Å². The van der Waals surface area contributed by atoms with E-state index in [0.29, 0.717) is 5.25 Å². The standard InChI is InChI=1S/C16H20OS/c17-14-7-3-1-5-12(9-14)10-15-11-13-6-2-4-8-16(13)18-15/h2,4,6,8-9,14-15,17H,1,3,5,7,10-11H2. The highest BCUT2D eigenvalue weighted by atomic mass is 32.2. The molecule has 2 atom stereocenters. The summed E-state index contributed by atoms with van der Waals surface area (Å²) in [5.74, 6) is 0. The first kappa shape index (κ1) is 12.3. The van der Waals surface area contributed by atoms with Crippen LogP contribution < -0.4 is 0 Å². The molecule has 1 nitrogen and oxygen atoms in total. The van der Waals surface area contributed by atoms with Gasteiger partial charge in [0.15, 0.2) is 0 Å². The number of rotatable bonds is 2. The van der Waals surface area contributed by atoms with E-state index in [2.05, 4.69) is 30.3 Å². The van der Waals surface area contributed by atoms with E-state index in [9.17, 15) is 5.11 Å². The second-order valence-electron chi connectivity index (χ2n) is 5.39. The van der Waals surface area contributed by atoms with Crippen molar-refractivity contribution < 1.29 is 5.11 Å². The Kier molecular flexibility index (Phi) is 3.76. The quantitative estimate of drug-likeness (QED) is 0.812. The molecular formula is C16H20OS. The third-order valence-corrected chi connectivity index (χ3v) is 5.20. The summed E-state index contributed by atoms with van der Waals surface area (Å²) in [6.45, 7) is 0. The summed E-state index contributed by atoms with van der Waals surface area (Å²) >= 11 is 2.02. The highest BCUT2D eigenvalue weighted by Crippen LogP contribution is 2.40. The molecule has 0 bridgehead atoms. The molecule has 0 saturated heterocycles. The van der Waals surface area contributed by atoms with Crippen molar-refractivity contribution in [1.29, 1.82) is 0 Å². The maximum atomic E-state index is 9.82. The van der Waals surface area contributed by atoms with Gasteiger partial charge in [-0.05, 0) is 43.7 Å². The van der Waals surface area contributed by atoms with Crippen LogP contribution in [0.4, 0.5) is 0 Å². The van der Waals surface area contributed by atoms with Crippen molar-refractivity contribution in [2.45, 2.75) is 54.8 Å². The Bertz CT molecular complexity index is 427. The number of benzene rings is 1. The lowest BCUT2D eigenvalue weighted by atomic mass is 10.0. The molecule has 0 fully saturated rings. The molecule has 2 aliphatic rings. The average Bonchev–Trinajstić information content (AvgIpc) is 2.65. The van der Waals surface area contributed by atoms with Gasteiger partial charge in [-0.15, -0.1) is 11.8 Å². The molecule has 0 radical (unpaired) electrons. The smallest absolute Gasteiger partial charge is 0.0723 e. The molecule has 1 aliphatic carbocycles. The summed E-state index contributed by atoms with van der Waals surface area (Å²) in [6.07, 6.45) is 8.80. The first-order valence-electron chi connectivity index (χ1n) is 6.93. The minimum absolute atomic E-state index is 0.198. The van der Waals surface area contributed by atoms with Gasteiger partial charge in [0.2, 0.25) is 0 Å². The van der Waals surface area contributed by atoms with Crippen LogP contribution in [0.2, 0.25) is 0 Å². The van der Waals surface area contributed by atoms with E-state index in [1.807, 2.05) is 11.8 Å². The number of aliphatic hydroxyl groups excluding tert-OH is 1. The zero-order chi connectivity index (χ0) is 12.4. The second kappa shape index (κ2) is 5.50. The lowest BCUT2D eigenvalue weighted by Gasteiger charge is -2.11. The third kappa shape index (κ3) is 2.81. The van der Waals surface area contributed by atoms with Crippen molar-refractivity contribution in [3.63, 3.8) is 0 Å². The summed E-state index contributed by atoms with van der Waals surface area (Å²) in [5, 5.41) is 10.5. The largest absolute Gasteiger partial charge is 0.389 e. The van der Waals surface area contributed by atoms with Gasteiger partial charge in [0.25, 0.3) is 0 Å². The minimum Gasteiger partial charge on any atom is -0.389 e. The molecule has 2 unspecified atom stereocenters. The number of thioether (sulfide) groups is 1. The monoisotopic (exact) mass is 260 g/mol.